The minimum absolute atomic E-state index is 0.145. The highest BCUT2D eigenvalue weighted by Crippen LogP contribution is 2.27. The van der Waals surface area contributed by atoms with Crippen molar-refractivity contribution in [2.75, 3.05) is 31.1 Å². The molecule has 8 heteroatoms. The van der Waals surface area contributed by atoms with Crippen molar-refractivity contribution in [3.63, 3.8) is 0 Å². The number of carbonyl (C=O) groups excluding carboxylic acids is 3. The molecule has 0 bridgehead atoms. The average molecular weight is 403 g/mol. The zero-order valence-corrected chi connectivity index (χ0v) is 16.2. The Morgan fingerprint density at radius 1 is 1.21 bits per heavy atom. The van der Waals surface area contributed by atoms with Gasteiger partial charge in [-0.25, -0.2) is 4.90 Å². The first kappa shape index (κ1) is 18.7. The monoisotopic (exact) mass is 402 g/mol. The SMILES string of the molecule is Cc1ccc(N2C(=O)C[C@@H]([NH+]3CCN(C(=O)c4ccco4)CC3)C2=O)cc1Cl. The molecule has 1 aromatic carbocycles. The summed E-state index contributed by atoms with van der Waals surface area (Å²) in [5, 5.41) is 0.527. The maximum Gasteiger partial charge on any atom is 0.292 e. The van der Waals surface area contributed by atoms with E-state index in [0.29, 0.717) is 42.6 Å². The summed E-state index contributed by atoms with van der Waals surface area (Å²) >= 11 is 6.16. The number of anilines is 1. The smallest absolute Gasteiger partial charge is 0.292 e. The molecule has 3 amide bonds. The second-order valence-corrected chi connectivity index (χ2v) is 7.59. The van der Waals surface area contributed by atoms with Crippen LogP contribution >= 0.6 is 11.6 Å². The molecule has 1 atom stereocenters. The van der Waals surface area contributed by atoms with E-state index in [2.05, 4.69) is 0 Å². The van der Waals surface area contributed by atoms with Crippen LogP contribution in [-0.2, 0) is 9.59 Å². The van der Waals surface area contributed by atoms with Crippen molar-refractivity contribution in [3.8, 4) is 0 Å². The number of halogens is 1. The van der Waals surface area contributed by atoms with E-state index in [0.717, 1.165) is 10.5 Å². The Balaban J connectivity index is 1.43. The van der Waals surface area contributed by atoms with Gasteiger partial charge in [0.1, 0.15) is 0 Å². The molecule has 7 nitrogen and oxygen atoms in total. The van der Waals surface area contributed by atoms with Gasteiger partial charge in [0, 0.05) is 5.02 Å². The van der Waals surface area contributed by atoms with Crippen molar-refractivity contribution in [2.24, 2.45) is 0 Å². The van der Waals surface area contributed by atoms with E-state index in [1.54, 1.807) is 35.2 Å². The van der Waals surface area contributed by atoms with Gasteiger partial charge in [-0.1, -0.05) is 17.7 Å². The van der Waals surface area contributed by atoms with Crippen LogP contribution in [0.25, 0.3) is 0 Å². The highest BCUT2D eigenvalue weighted by atomic mass is 35.5. The maximum atomic E-state index is 13.0. The fourth-order valence-electron chi connectivity index (χ4n) is 3.84. The number of aryl methyl sites for hydroxylation is 1. The van der Waals surface area contributed by atoms with Crippen LogP contribution in [-0.4, -0.2) is 54.8 Å². The molecule has 2 aliphatic heterocycles. The zero-order valence-electron chi connectivity index (χ0n) is 15.5. The van der Waals surface area contributed by atoms with Crippen molar-refractivity contribution < 1.29 is 23.7 Å². The van der Waals surface area contributed by atoms with Crippen molar-refractivity contribution in [3.05, 3.63) is 52.9 Å². The molecule has 2 saturated heterocycles. The lowest BCUT2D eigenvalue weighted by Crippen LogP contribution is -3.19. The van der Waals surface area contributed by atoms with Crippen LogP contribution in [0, 0.1) is 6.92 Å². The largest absolute Gasteiger partial charge is 0.459 e. The third kappa shape index (κ3) is 3.31. The van der Waals surface area contributed by atoms with E-state index < -0.39 is 6.04 Å². The fraction of sp³-hybridized carbons (Fsp3) is 0.350. The van der Waals surface area contributed by atoms with Crippen LogP contribution in [0.3, 0.4) is 0 Å². The molecule has 3 heterocycles. The highest BCUT2D eigenvalue weighted by molar-refractivity contribution is 6.32. The van der Waals surface area contributed by atoms with Crippen molar-refractivity contribution >= 4 is 35.0 Å². The standard InChI is InChI=1S/C20H20ClN3O4/c1-13-4-5-14(11-15(13)21)24-18(25)12-16(19(24)26)22-6-8-23(9-7-22)20(27)17-3-2-10-28-17/h2-5,10-11,16H,6-9,12H2,1H3/p+1/t16-/m1/s1. The molecule has 2 aliphatic rings. The quantitative estimate of drug-likeness (QED) is 0.774. The van der Waals surface area contributed by atoms with Gasteiger partial charge in [-0.05, 0) is 36.8 Å². The summed E-state index contributed by atoms with van der Waals surface area (Å²) in [5.41, 5.74) is 1.41. The van der Waals surface area contributed by atoms with Gasteiger partial charge in [0.05, 0.1) is 44.6 Å². The second-order valence-electron chi connectivity index (χ2n) is 7.19. The Kier molecular flexibility index (Phi) is 4.95. The summed E-state index contributed by atoms with van der Waals surface area (Å²) in [7, 11) is 0. The number of rotatable bonds is 3. The number of piperazine rings is 1. The van der Waals surface area contributed by atoms with Gasteiger partial charge in [0.25, 0.3) is 11.8 Å². The highest BCUT2D eigenvalue weighted by Gasteiger charge is 2.46. The number of hydrogen-bond donors (Lipinski definition) is 1. The molecular formula is C20H21ClN3O4+. The molecule has 0 spiro atoms. The number of quaternary nitrogens is 1. The van der Waals surface area contributed by atoms with Crippen LogP contribution < -0.4 is 9.80 Å². The summed E-state index contributed by atoms with van der Waals surface area (Å²) < 4.78 is 5.17. The molecule has 0 aliphatic carbocycles. The number of amides is 3. The van der Waals surface area contributed by atoms with Crippen LogP contribution in [0.5, 0.6) is 0 Å². The van der Waals surface area contributed by atoms with Crippen LogP contribution in [0.1, 0.15) is 22.5 Å². The number of furan rings is 1. The Morgan fingerprint density at radius 3 is 2.61 bits per heavy atom. The topological polar surface area (TPSA) is 75.3 Å². The van der Waals surface area contributed by atoms with E-state index in [9.17, 15) is 14.4 Å². The molecule has 0 radical (unpaired) electrons. The minimum atomic E-state index is -0.423. The molecule has 1 aromatic heterocycles. The molecule has 1 N–H and O–H groups in total. The summed E-state index contributed by atoms with van der Waals surface area (Å²) in [4.78, 5) is 41.9. The second kappa shape index (κ2) is 7.41. The van der Waals surface area contributed by atoms with Gasteiger partial charge in [-0.15, -0.1) is 0 Å². The van der Waals surface area contributed by atoms with E-state index >= 15 is 0 Å². The Labute approximate surface area is 167 Å². The van der Waals surface area contributed by atoms with Crippen molar-refractivity contribution in [2.45, 2.75) is 19.4 Å². The first-order chi connectivity index (χ1) is 13.5. The molecule has 146 valence electrons. The molecular weight excluding hydrogens is 382 g/mol. The fourth-order valence-corrected chi connectivity index (χ4v) is 4.02. The average Bonchev–Trinajstić information content (AvgIpc) is 3.32. The first-order valence-corrected chi connectivity index (χ1v) is 9.64. The van der Waals surface area contributed by atoms with E-state index in [1.165, 1.54) is 11.2 Å². The number of nitrogens with one attached hydrogen (secondary N) is 1. The van der Waals surface area contributed by atoms with Gasteiger partial charge in [0.15, 0.2) is 11.8 Å². The number of carbonyl (C=O) groups is 3. The van der Waals surface area contributed by atoms with E-state index in [1.807, 2.05) is 6.92 Å². The summed E-state index contributed by atoms with van der Waals surface area (Å²) in [5.74, 6) is -0.242. The Hall–Kier alpha value is -2.64. The lowest BCUT2D eigenvalue weighted by atomic mass is 10.1. The summed E-state index contributed by atoms with van der Waals surface area (Å²) in [6.45, 7) is 4.12. The van der Waals surface area contributed by atoms with Gasteiger partial charge in [-0.3, -0.25) is 14.4 Å². The van der Waals surface area contributed by atoms with Gasteiger partial charge >= 0.3 is 0 Å². The van der Waals surface area contributed by atoms with Crippen molar-refractivity contribution in [1.29, 1.82) is 0 Å². The molecule has 0 saturated carbocycles. The lowest BCUT2D eigenvalue weighted by Gasteiger charge is -2.34. The van der Waals surface area contributed by atoms with E-state index in [-0.39, 0.29) is 24.1 Å². The Morgan fingerprint density at radius 2 is 1.96 bits per heavy atom. The predicted octanol–water partition coefficient (Wildman–Crippen LogP) is 0.914. The molecule has 2 fully saturated rings. The molecule has 28 heavy (non-hydrogen) atoms. The predicted molar refractivity (Wildman–Crippen MR) is 102 cm³/mol. The van der Waals surface area contributed by atoms with Gasteiger partial charge in [0.2, 0.25) is 5.91 Å². The summed E-state index contributed by atoms with van der Waals surface area (Å²) in [6.07, 6.45) is 1.65. The molecule has 4 rings (SSSR count). The molecule has 0 unspecified atom stereocenters. The summed E-state index contributed by atoms with van der Waals surface area (Å²) in [6, 6.07) is 8.11. The normalized spacial score (nSPS) is 20.9. The van der Waals surface area contributed by atoms with Crippen LogP contribution in [0.2, 0.25) is 5.02 Å². The zero-order chi connectivity index (χ0) is 19.8. The van der Waals surface area contributed by atoms with Gasteiger partial charge < -0.3 is 14.2 Å². The third-order valence-electron chi connectivity index (χ3n) is 5.48. The van der Waals surface area contributed by atoms with Crippen LogP contribution in [0.15, 0.2) is 41.0 Å². The maximum absolute atomic E-state index is 13.0. The first-order valence-electron chi connectivity index (χ1n) is 9.26. The number of benzene rings is 1. The van der Waals surface area contributed by atoms with E-state index in [4.69, 9.17) is 16.0 Å². The Bertz CT molecular complexity index is 920. The molecule has 2 aromatic rings. The third-order valence-corrected chi connectivity index (χ3v) is 5.89. The number of imide groups is 1. The number of hydrogen-bond acceptors (Lipinski definition) is 4. The minimum Gasteiger partial charge on any atom is -0.459 e. The number of nitrogens with zero attached hydrogens (tertiary/aromatic N) is 2. The lowest BCUT2D eigenvalue weighted by molar-refractivity contribution is -0.918. The van der Waals surface area contributed by atoms with Gasteiger partial charge in [-0.2, -0.15) is 0 Å². The van der Waals surface area contributed by atoms with Crippen LogP contribution in [0.4, 0.5) is 5.69 Å². The van der Waals surface area contributed by atoms with Crippen molar-refractivity contribution in [1.82, 2.24) is 4.90 Å².